The Morgan fingerprint density at radius 2 is 1.89 bits per heavy atom. The van der Waals surface area contributed by atoms with Crippen LogP contribution in [-0.2, 0) is 14.3 Å². The fourth-order valence-corrected chi connectivity index (χ4v) is 4.16. The molecule has 0 unspecified atom stereocenters. The number of hydrogen-bond donors (Lipinski definition) is 0. The van der Waals surface area contributed by atoms with Crippen molar-refractivity contribution in [3.05, 3.63) is 11.1 Å². The molecule has 0 radical (unpaired) electrons. The Kier molecular flexibility index (Phi) is 2.00. The fourth-order valence-electron chi connectivity index (χ4n) is 3.34. The van der Waals surface area contributed by atoms with Gasteiger partial charge in [0.05, 0.1) is 29.7 Å². The summed E-state index contributed by atoms with van der Waals surface area (Å²) in [5, 5.41) is 2.37. The summed E-state index contributed by atoms with van der Waals surface area (Å²) in [7, 11) is 0. The van der Waals surface area contributed by atoms with Crippen LogP contribution in [0.3, 0.4) is 0 Å². The quantitative estimate of drug-likeness (QED) is 0.713. The van der Waals surface area contributed by atoms with Crippen molar-refractivity contribution in [2.75, 3.05) is 4.90 Å². The molecule has 3 aliphatic heterocycles. The normalized spacial score (nSPS) is 37.7. The van der Waals surface area contributed by atoms with Crippen molar-refractivity contribution in [1.29, 1.82) is 0 Å². The van der Waals surface area contributed by atoms with Gasteiger partial charge >= 0.3 is 0 Å². The number of aromatic nitrogens is 1. The number of aryl methyl sites for hydroxylation is 1. The second-order valence-corrected chi connectivity index (χ2v) is 5.96. The first kappa shape index (κ1) is 10.6. The Balaban J connectivity index is 1.75. The molecule has 0 aromatic carbocycles. The number of carbonyl (C=O) groups excluding carboxylic acids is 2. The standard InChI is InChI=1S/C12H12N2O3S/c1-5-4-18-12(13-5)14-10(15)8-6-2-3-7(17-6)9(8)11(14)16/h4,6-9H,2-3H2,1H3/t6-,7+,8+,9-. The predicted molar refractivity (Wildman–Crippen MR) is 64.2 cm³/mol. The van der Waals surface area contributed by atoms with Crippen molar-refractivity contribution >= 4 is 28.3 Å². The Hall–Kier alpha value is -1.27. The molecule has 0 saturated carbocycles. The maximum Gasteiger partial charge on any atom is 0.242 e. The third-order valence-electron chi connectivity index (χ3n) is 4.08. The van der Waals surface area contributed by atoms with Crippen LogP contribution in [0.2, 0.25) is 0 Å². The Labute approximate surface area is 108 Å². The average molecular weight is 264 g/mol. The van der Waals surface area contributed by atoms with Crippen molar-refractivity contribution in [2.45, 2.75) is 32.0 Å². The molecule has 1 aromatic rings. The number of amides is 2. The zero-order valence-corrected chi connectivity index (χ0v) is 10.6. The number of thiazole rings is 1. The number of nitrogens with zero attached hydrogens (tertiary/aromatic N) is 2. The van der Waals surface area contributed by atoms with Crippen LogP contribution in [0.15, 0.2) is 5.38 Å². The molecule has 4 heterocycles. The Morgan fingerprint density at radius 1 is 1.28 bits per heavy atom. The van der Waals surface area contributed by atoms with E-state index in [1.54, 1.807) is 0 Å². The lowest BCUT2D eigenvalue weighted by Gasteiger charge is -2.14. The minimum atomic E-state index is -0.263. The molecule has 2 bridgehead atoms. The van der Waals surface area contributed by atoms with E-state index in [9.17, 15) is 9.59 Å². The largest absolute Gasteiger partial charge is 0.373 e. The second-order valence-electron chi connectivity index (χ2n) is 5.13. The maximum atomic E-state index is 12.4. The van der Waals surface area contributed by atoms with E-state index in [1.807, 2.05) is 12.3 Å². The molecule has 0 N–H and O–H groups in total. The number of carbonyl (C=O) groups is 2. The molecule has 1 aromatic heterocycles. The minimum Gasteiger partial charge on any atom is -0.373 e. The van der Waals surface area contributed by atoms with Gasteiger partial charge in [-0.15, -0.1) is 11.3 Å². The van der Waals surface area contributed by atoms with Gasteiger partial charge in [-0.3, -0.25) is 9.59 Å². The smallest absolute Gasteiger partial charge is 0.242 e. The van der Waals surface area contributed by atoms with Crippen LogP contribution in [0.1, 0.15) is 18.5 Å². The summed E-state index contributed by atoms with van der Waals surface area (Å²) in [4.78, 5) is 30.3. The van der Waals surface area contributed by atoms with Gasteiger partial charge in [0.1, 0.15) is 0 Å². The molecular weight excluding hydrogens is 252 g/mol. The van der Waals surface area contributed by atoms with Crippen molar-refractivity contribution < 1.29 is 14.3 Å². The molecule has 3 aliphatic rings. The first-order valence-electron chi connectivity index (χ1n) is 6.12. The van der Waals surface area contributed by atoms with Gasteiger partial charge < -0.3 is 4.74 Å². The van der Waals surface area contributed by atoms with Gasteiger partial charge in [-0.05, 0) is 19.8 Å². The number of rotatable bonds is 1. The third-order valence-corrected chi connectivity index (χ3v) is 5.03. The van der Waals surface area contributed by atoms with Gasteiger partial charge in [0, 0.05) is 5.38 Å². The topological polar surface area (TPSA) is 59.5 Å². The number of ether oxygens (including phenoxy) is 1. The van der Waals surface area contributed by atoms with E-state index in [1.165, 1.54) is 16.2 Å². The molecule has 4 atom stereocenters. The van der Waals surface area contributed by atoms with Gasteiger partial charge in [-0.25, -0.2) is 9.88 Å². The lowest BCUT2D eigenvalue weighted by atomic mass is 9.81. The fraction of sp³-hybridized carbons (Fsp3) is 0.583. The average Bonchev–Trinajstić information content (AvgIpc) is 3.05. The maximum absolute atomic E-state index is 12.4. The first-order valence-corrected chi connectivity index (χ1v) is 7.00. The van der Waals surface area contributed by atoms with E-state index in [0.717, 1.165) is 18.5 Å². The molecule has 3 fully saturated rings. The van der Waals surface area contributed by atoms with Crippen LogP contribution in [0.25, 0.3) is 0 Å². The van der Waals surface area contributed by atoms with Crippen LogP contribution in [0, 0.1) is 18.8 Å². The summed E-state index contributed by atoms with van der Waals surface area (Å²) in [6.07, 6.45) is 1.69. The van der Waals surface area contributed by atoms with Crippen molar-refractivity contribution in [1.82, 2.24) is 4.98 Å². The van der Waals surface area contributed by atoms with E-state index in [2.05, 4.69) is 4.98 Å². The zero-order valence-electron chi connectivity index (χ0n) is 9.83. The summed E-state index contributed by atoms with van der Waals surface area (Å²) >= 11 is 1.35. The SMILES string of the molecule is Cc1csc(N2C(=O)[C@@H]3[C@H](C2=O)[C@@H]2CC[C@H]3O2)n1. The molecule has 3 saturated heterocycles. The monoisotopic (exact) mass is 264 g/mol. The highest BCUT2D eigenvalue weighted by atomic mass is 32.1. The molecule has 0 aliphatic carbocycles. The van der Waals surface area contributed by atoms with Gasteiger partial charge in [-0.1, -0.05) is 0 Å². The Morgan fingerprint density at radius 3 is 2.39 bits per heavy atom. The molecule has 2 amide bonds. The van der Waals surface area contributed by atoms with Crippen LogP contribution in [0.5, 0.6) is 0 Å². The molecular formula is C12H12N2O3S. The third kappa shape index (κ3) is 1.17. The predicted octanol–water partition coefficient (Wildman–Crippen LogP) is 1.12. The summed E-state index contributed by atoms with van der Waals surface area (Å²) < 4.78 is 5.68. The van der Waals surface area contributed by atoms with Crippen molar-refractivity contribution in [3.8, 4) is 0 Å². The summed E-state index contributed by atoms with van der Waals surface area (Å²) in [5.74, 6) is -0.765. The minimum absolute atomic E-state index is 0.0532. The molecule has 18 heavy (non-hydrogen) atoms. The second kappa shape index (κ2) is 3.39. The van der Waals surface area contributed by atoms with Crippen LogP contribution in [-0.4, -0.2) is 29.0 Å². The number of hydrogen-bond acceptors (Lipinski definition) is 5. The van der Waals surface area contributed by atoms with E-state index in [-0.39, 0.29) is 35.9 Å². The van der Waals surface area contributed by atoms with Crippen LogP contribution < -0.4 is 4.90 Å². The van der Waals surface area contributed by atoms with E-state index in [0.29, 0.717) is 5.13 Å². The summed E-state index contributed by atoms with van der Waals surface area (Å²) in [5.41, 5.74) is 0.840. The molecule has 0 spiro atoms. The highest BCUT2D eigenvalue weighted by molar-refractivity contribution is 7.14. The molecule has 5 nitrogen and oxygen atoms in total. The lowest BCUT2D eigenvalue weighted by molar-refractivity contribution is -0.124. The summed E-state index contributed by atoms with van der Waals surface area (Å²) in [6.45, 7) is 1.86. The van der Waals surface area contributed by atoms with Gasteiger partial charge in [0.25, 0.3) is 0 Å². The molecule has 6 heteroatoms. The Bertz CT molecular complexity index is 527. The van der Waals surface area contributed by atoms with E-state index < -0.39 is 0 Å². The highest BCUT2D eigenvalue weighted by Gasteiger charge is 2.63. The highest BCUT2D eigenvalue weighted by Crippen LogP contribution is 2.49. The van der Waals surface area contributed by atoms with E-state index >= 15 is 0 Å². The summed E-state index contributed by atoms with van der Waals surface area (Å²) in [6, 6.07) is 0. The number of fused-ring (bicyclic) bond motifs is 5. The number of anilines is 1. The zero-order chi connectivity index (χ0) is 12.4. The van der Waals surface area contributed by atoms with Crippen LogP contribution >= 0.6 is 11.3 Å². The number of imide groups is 1. The van der Waals surface area contributed by atoms with Gasteiger partial charge in [0.15, 0.2) is 5.13 Å². The van der Waals surface area contributed by atoms with Gasteiger partial charge in [0.2, 0.25) is 11.8 Å². The van der Waals surface area contributed by atoms with Gasteiger partial charge in [-0.2, -0.15) is 0 Å². The molecule has 94 valence electrons. The van der Waals surface area contributed by atoms with Crippen molar-refractivity contribution in [3.63, 3.8) is 0 Å². The first-order chi connectivity index (χ1) is 8.66. The lowest BCUT2D eigenvalue weighted by Crippen LogP contribution is -2.34. The van der Waals surface area contributed by atoms with E-state index in [4.69, 9.17) is 4.74 Å². The van der Waals surface area contributed by atoms with Crippen molar-refractivity contribution in [2.24, 2.45) is 11.8 Å². The van der Waals surface area contributed by atoms with Crippen LogP contribution in [0.4, 0.5) is 5.13 Å². The molecule has 4 rings (SSSR count).